The van der Waals surface area contributed by atoms with Gasteiger partial charge in [0.15, 0.2) is 5.84 Å². The molecule has 0 aliphatic rings. The van der Waals surface area contributed by atoms with Crippen molar-refractivity contribution < 1.29 is 9.60 Å². The van der Waals surface area contributed by atoms with Crippen molar-refractivity contribution in [1.29, 1.82) is 0 Å². The van der Waals surface area contributed by atoms with Crippen LogP contribution >= 0.6 is 0 Å². The highest BCUT2D eigenvalue weighted by molar-refractivity contribution is 5.98. The van der Waals surface area contributed by atoms with E-state index in [4.69, 9.17) is 10.9 Å². The second-order valence-corrected chi connectivity index (χ2v) is 3.82. The first-order valence-corrected chi connectivity index (χ1v) is 5.66. The summed E-state index contributed by atoms with van der Waals surface area (Å²) in [6, 6.07) is 4.28. The summed E-state index contributed by atoms with van der Waals surface area (Å²) in [5, 5.41) is 14.8. The number of rotatable bonds is 6. The van der Waals surface area contributed by atoms with Gasteiger partial charge < -0.3 is 16.3 Å². The Morgan fingerprint density at radius 3 is 2.94 bits per heavy atom. The molecule has 0 fully saturated rings. The van der Waals surface area contributed by atoms with Gasteiger partial charge in [-0.25, -0.2) is 4.39 Å². The number of unbranched alkanes of at least 4 members (excludes halogenated alkanes) is 1. The highest BCUT2D eigenvalue weighted by Crippen LogP contribution is 2.11. The van der Waals surface area contributed by atoms with Gasteiger partial charge in [-0.05, 0) is 30.7 Å². The van der Waals surface area contributed by atoms with E-state index >= 15 is 0 Å². The van der Waals surface area contributed by atoms with E-state index in [0.29, 0.717) is 12.1 Å². The van der Waals surface area contributed by atoms with Gasteiger partial charge in [-0.15, -0.1) is 0 Å². The van der Waals surface area contributed by atoms with Crippen LogP contribution in [0.2, 0.25) is 0 Å². The predicted molar refractivity (Wildman–Crippen MR) is 65.5 cm³/mol. The molecule has 1 aromatic rings. The first kappa shape index (κ1) is 13.4. The molecule has 17 heavy (non-hydrogen) atoms. The summed E-state index contributed by atoms with van der Waals surface area (Å²) in [6.45, 7) is 3.58. The maximum atomic E-state index is 13.1. The summed E-state index contributed by atoms with van der Waals surface area (Å²) in [4.78, 5) is 0. The summed E-state index contributed by atoms with van der Waals surface area (Å²) >= 11 is 0. The van der Waals surface area contributed by atoms with Crippen LogP contribution in [0.4, 0.5) is 4.39 Å². The van der Waals surface area contributed by atoms with E-state index in [9.17, 15) is 4.39 Å². The van der Waals surface area contributed by atoms with Crippen LogP contribution in [0, 0.1) is 5.82 Å². The molecule has 0 aromatic heterocycles. The van der Waals surface area contributed by atoms with Crippen molar-refractivity contribution >= 4 is 5.84 Å². The van der Waals surface area contributed by atoms with E-state index in [-0.39, 0.29) is 5.84 Å². The van der Waals surface area contributed by atoms with Crippen molar-refractivity contribution in [3.05, 3.63) is 35.1 Å². The predicted octanol–water partition coefficient (Wildman–Crippen LogP) is 1.81. The van der Waals surface area contributed by atoms with Gasteiger partial charge in [-0.1, -0.05) is 24.6 Å². The lowest BCUT2D eigenvalue weighted by Gasteiger charge is -2.09. The molecular formula is C12H18FN3O. The number of benzene rings is 1. The maximum Gasteiger partial charge on any atom is 0.170 e. The summed E-state index contributed by atoms with van der Waals surface area (Å²) in [7, 11) is 0. The van der Waals surface area contributed by atoms with E-state index in [2.05, 4.69) is 17.4 Å². The Kier molecular flexibility index (Phi) is 5.42. The third-order valence-electron chi connectivity index (χ3n) is 2.48. The lowest BCUT2D eigenvalue weighted by Crippen LogP contribution is -2.20. The molecule has 4 nitrogen and oxygen atoms in total. The molecule has 0 saturated heterocycles. The molecule has 94 valence electrons. The smallest absolute Gasteiger partial charge is 0.170 e. The van der Waals surface area contributed by atoms with E-state index in [1.165, 1.54) is 12.1 Å². The van der Waals surface area contributed by atoms with E-state index in [1.807, 2.05) is 0 Å². The number of oxime groups is 1. The molecule has 0 spiro atoms. The van der Waals surface area contributed by atoms with Crippen LogP contribution in [0.25, 0.3) is 0 Å². The van der Waals surface area contributed by atoms with E-state index in [0.717, 1.165) is 24.9 Å². The number of amidine groups is 1. The molecule has 4 N–H and O–H groups in total. The van der Waals surface area contributed by atoms with Gasteiger partial charge in [0.1, 0.15) is 5.82 Å². The Hall–Kier alpha value is -1.62. The quantitative estimate of drug-likeness (QED) is 0.233. The van der Waals surface area contributed by atoms with Gasteiger partial charge in [0.2, 0.25) is 0 Å². The third kappa shape index (κ3) is 4.03. The number of hydrogen-bond donors (Lipinski definition) is 3. The topological polar surface area (TPSA) is 70.6 Å². The van der Waals surface area contributed by atoms with Crippen molar-refractivity contribution in [2.75, 3.05) is 6.54 Å². The SMILES string of the molecule is CCCCNCc1ccc(F)cc1C(N)=NO. The first-order valence-electron chi connectivity index (χ1n) is 5.66. The fourth-order valence-electron chi connectivity index (χ4n) is 1.52. The van der Waals surface area contributed by atoms with E-state index in [1.54, 1.807) is 6.07 Å². The molecule has 5 heteroatoms. The molecule has 0 aliphatic heterocycles. The van der Waals surface area contributed by atoms with Crippen molar-refractivity contribution in [3.63, 3.8) is 0 Å². The fraction of sp³-hybridized carbons (Fsp3) is 0.417. The highest BCUT2D eigenvalue weighted by Gasteiger charge is 2.08. The van der Waals surface area contributed by atoms with Crippen LogP contribution in [-0.2, 0) is 6.54 Å². The largest absolute Gasteiger partial charge is 0.409 e. The minimum Gasteiger partial charge on any atom is -0.409 e. The summed E-state index contributed by atoms with van der Waals surface area (Å²) < 4.78 is 13.1. The minimum atomic E-state index is -0.399. The highest BCUT2D eigenvalue weighted by atomic mass is 19.1. The van der Waals surface area contributed by atoms with Gasteiger partial charge >= 0.3 is 0 Å². The van der Waals surface area contributed by atoms with Crippen LogP contribution in [0.3, 0.4) is 0 Å². The van der Waals surface area contributed by atoms with Crippen molar-refractivity contribution in [2.24, 2.45) is 10.9 Å². The molecule has 1 rings (SSSR count). The molecule has 1 aromatic carbocycles. The lowest BCUT2D eigenvalue weighted by atomic mass is 10.1. The first-order chi connectivity index (χ1) is 8.19. The van der Waals surface area contributed by atoms with Crippen LogP contribution in [0.1, 0.15) is 30.9 Å². The van der Waals surface area contributed by atoms with Crippen LogP contribution in [-0.4, -0.2) is 17.6 Å². The average Bonchev–Trinajstić information content (AvgIpc) is 2.35. The van der Waals surface area contributed by atoms with E-state index < -0.39 is 5.82 Å². The van der Waals surface area contributed by atoms with Gasteiger partial charge in [-0.3, -0.25) is 0 Å². The Morgan fingerprint density at radius 2 is 2.29 bits per heavy atom. The van der Waals surface area contributed by atoms with Gasteiger partial charge in [0.25, 0.3) is 0 Å². The number of nitrogens with zero attached hydrogens (tertiary/aromatic N) is 1. The van der Waals surface area contributed by atoms with Crippen LogP contribution in [0.15, 0.2) is 23.4 Å². The number of hydrogen-bond acceptors (Lipinski definition) is 3. The molecule has 0 saturated carbocycles. The second kappa shape index (κ2) is 6.85. The molecular weight excluding hydrogens is 221 g/mol. The Balaban J connectivity index is 2.76. The molecule has 0 radical (unpaired) electrons. The zero-order valence-corrected chi connectivity index (χ0v) is 9.91. The average molecular weight is 239 g/mol. The minimum absolute atomic E-state index is 0.0724. The molecule has 0 atom stereocenters. The van der Waals surface area contributed by atoms with Gasteiger partial charge in [0.05, 0.1) is 0 Å². The molecule has 0 aliphatic carbocycles. The summed E-state index contributed by atoms with van der Waals surface area (Å²) in [6.07, 6.45) is 2.20. The Bertz CT molecular complexity index is 393. The standard InChI is InChI=1S/C12H18FN3O/c1-2-3-6-15-8-9-4-5-10(13)7-11(9)12(14)16-17/h4-5,7,15,17H,2-3,6,8H2,1H3,(H2,14,16). The Morgan fingerprint density at radius 1 is 1.53 bits per heavy atom. The van der Waals surface area contributed by atoms with Crippen LogP contribution in [0.5, 0.6) is 0 Å². The molecule has 0 amide bonds. The molecule has 0 heterocycles. The number of nitrogens with one attached hydrogen (secondary N) is 1. The fourth-order valence-corrected chi connectivity index (χ4v) is 1.52. The molecule has 0 unspecified atom stereocenters. The maximum absolute atomic E-state index is 13.1. The molecule has 0 bridgehead atoms. The third-order valence-corrected chi connectivity index (χ3v) is 2.48. The normalized spacial score (nSPS) is 11.8. The van der Waals surface area contributed by atoms with Crippen LogP contribution < -0.4 is 11.1 Å². The second-order valence-electron chi connectivity index (χ2n) is 3.82. The zero-order chi connectivity index (χ0) is 12.7. The Labute approximate surface area is 100 Å². The van der Waals surface area contributed by atoms with Gasteiger partial charge in [-0.2, -0.15) is 0 Å². The van der Waals surface area contributed by atoms with Crippen molar-refractivity contribution in [1.82, 2.24) is 5.32 Å². The zero-order valence-electron chi connectivity index (χ0n) is 9.91. The lowest BCUT2D eigenvalue weighted by molar-refractivity contribution is 0.318. The van der Waals surface area contributed by atoms with Crippen molar-refractivity contribution in [3.8, 4) is 0 Å². The number of nitrogens with two attached hydrogens (primary N) is 1. The summed E-state index contributed by atoms with van der Waals surface area (Å²) in [5.74, 6) is -0.472. The summed E-state index contributed by atoms with van der Waals surface area (Å²) in [5.41, 5.74) is 6.74. The van der Waals surface area contributed by atoms with Crippen molar-refractivity contribution in [2.45, 2.75) is 26.3 Å². The van der Waals surface area contributed by atoms with Gasteiger partial charge in [0, 0.05) is 12.1 Å². The monoisotopic (exact) mass is 239 g/mol. The number of halogens is 1.